The van der Waals surface area contributed by atoms with Crippen LogP contribution >= 0.6 is 0 Å². The van der Waals surface area contributed by atoms with Gasteiger partial charge in [0.25, 0.3) is 0 Å². The number of nitrogens with zero attached hydrogens (tertiary/aromatic N) is 4. The number of benzene rings is 10. The molecule has 0 saturated carbocycles. The molecule has 0 aliphatic carbocycles. The minimum absolute atomic E-state index is 1.08. The van der Waals surface area contributed by atoms with Gasteiger partial charge in [-0.05, 0) is 156 Å². The van der Waals surface area contributed by atoms with E-state index in [0.717, 1.165) is 89.8 Å². The Morgan fingerprint density at radius 2 is 0.574 bits per heavy atom. The van der Waals surface area contributed by atoms with Crippen molar-refractivity contribution in [3.63, 3.8) is 0 Å². The number of anilines is 6. The molecule has 2 aromatic heterocycles. The molecular formula is C64H46N4. The summed E-state index contributed by atoms with van der Waals surface area (Å²) in [7, 11) is 0. The SMILES string of the molecule is C=Cc1ccc2c(c1)c1cc(N(c3ccccc3)c3ccc(-c4ccc(N(c5ccccc5)c5ccc6c(c5)c5cc(C=C)ccc5n6-c5ccccc5)cc4)cc3)ccc1n2-c1ccccc1. The molecular weight excluding hydrogens is 825 g/mol. The van der Waals surface area contributed by atoms with Crippen molar-refractivity contribution in [3.8, 4) is 22.5 Å². The maximum absolute atomic E-state index is 4.08. The molecule has 12 rings (SSSR count). The average Bonchev–Trinajstić information content (AvgIpc) is 3.91. The lowest BCUT2D eigenvalue weighted by molar-refractivity contribution is 1.18. The van der Waals surface area contributed by atoms with Gasteiger partial charge in [-0.3, -0.25) is 0 Å². The van der Waals surface area contributed by atoms with E-state index in [2.05, 4.69) is 275 Å². The molecule has 0 aliphatic rings. The molecule has 0 N–H and O–H groups in total. The van der Waals surface area contributed by atoms with Gasteiger partial charge in [0, 0.05) is 67.0 Å². The topological polar surface area (TPSA) is 16.3 Å². The second-order valence-electron chi connectivity index (χ2n) is 17.1. The van der Waals surface area contributed by atoms with Gasteiger partial charge in [-0.1, -0.05) is 135 Å². The quantitative estimate of drug-likeness (QED) is 0.129. The Balaban J connectivity index is 0.913. The smallest absolute Gasteiger partial charge is 0.0542 e. The Morgan fingerprint density at radius 3 is 0.926 bits per heavy atom. The Kier molecular flexibility index (Phi) is 10.1. The van der Waals surface area contributed by atoms with Crippen LogP contribution in [0.1, 0.15) is 11.1 Å². The third kappa shape index (κ3) is 7.04. The summed E-state index contributed by atoms with van der Waals surface area (Å²) in [5.74, 6) is 0. The number of hydrogen-bond donors (Lipinski definition) is 0. The van der Waals surface area contributed by atoms with Crippen molar-refractivity contribution in [3.05, 3.63) is 267 Å². The van der Waals surface area contributed by atoms with E-state index in [9.17, 15) is 0 Å². The van der Waals surface area contributed by atoms with E-state index in [1.54, 1.807) is 0 Å². The molecule has 2 heterocycles. The molecule has 12 aromatic rings. The molecule has 0 unspecified atom stereocenters. The molecule has 0 radical (unpaired) electrons. The normalized spacial score (nSPS) is 11.4. The van der Waals surface area contributed by atoms with Gasteiger partial charge in [-0.2, -0.15) is 0 Å². The monoisotopic (exact) mass is 870 g/mol. The van der Waals surface area contributed by atoms with Crippen LogP contribution < -0.4 is 9.80 Å². The molecule has 0 bridgehead atoms. The average molecular weight is 871 g/mol. The van der Waals surface area contributed by atoms with Crippen LogP contribution in [0, 0.1) is 0 Å². The van der Waals surface area contributed by atoms with Crippen LogP contribution in [-0.4, -0.2) is 9.13 Å². The summed E-state index contributed by atoms with van der Waals surface area (Å²) in [6.45, 7) is 8.17. The number of rotatable bonds is 11. The first-order chi connectivity index (χ1) is 33.6. The van der Waals surface area contributed by atoms with E-state index in [4.69, 9.17) is 0 Å². The third-order valence-corrected chi connectivity index (χ3v) is 13.2. The summed E-state index contributed by atoms with van der Waals surface area (Å²) in [4.78, 5) is 4.69. The van der Waals surface area contributed by atoms with E-state index in [1.165, 1.54) is 21.5 Å². The zero-order valence-corrected chi connectivity index (χ0v) is 37.5. The first-order valence-electron chi connectivity index (χ1n) is 23.1. The van der Waals surface area contributed by atoms with Crippen LogP contribution in [0.15, 0.2) is 256 Å². The zero-order chi connectivity index (χ0) is 45.6. The lowest BCUT2D eigenvalue weighted by Gasteiger charge is -2.26. The minimum Gasteiger partial charge on any atom is -0.310 e. The Morgan fingerprint density at radius 1 is 0.279 bits per heavy atom. The van der Waals surface area contributed by atoms with Crippen LogP contribution in [-0.2, 0) is 0 Å². The molecule has 4 heteroatoms. The summed E-state index contributed by atoms with van der Waals surface area (Å²) < 4.78 is 4.72. The largest absolute Gasteiger partial charge is 0.310 e. The molecule has 0 saturated heterocycles. The maximum atomic E-state index is 4.08. The van der Waals surface area contributed by atoms with Gasteiger partial charge in [0.15, 0.2) is 0 Å². The van der Waals surface area contributed by atoms with Crippen molar-refractivity contribution < 1.29 is 0 Å². The van der Waals surface area contributed by atoms with Crippen molar-refractivity contribution in [2.24, 2.45) is 0 Å². The number of para-hydroxylation sites is 4. The first kappa shape index (κ1) is 40.4. The van der Waals surface area contributed by atoms with E-state index in [1.807, 2.05) is 12.2 Å². The predicted molar refractivity (Wildman–Crippen MR) is 290 cm³/mol. The lowest BCUT2D eigenvalue weighted by Crippen LogP contribution is -2.10. The van der Waals surface area contributed by atoms with Crippen molar-refractivity contribution in [1.82, 2.24) is 9.13 Å². The zero-order valence-electron chi connectivity index (χ0n) is 37.5. The van der Waals surface area contributed by atoms with Gasteiger partial charge in [-0.15, -0.1) is 0 Å². The van der Waals surface area contributed by atoms with Crippen molar-refractivity contribution in [2.45, 2.75) is 0 Å². The Hall–Kier alpha value is -9.12. The van der Waals surface area contributed by atoms with Gasteiger partial charge in [0.2, 0.25) is 0 Å². The molecule has 0 aliphatic heterocycles. The molecule has 0 fully saturated rings. The third-order valence-electron chi connectivity index (χ3n) is 13.2. The summed E-state index contributed by atoms with van der Waals surface area (Å²) in [6, 6.07) is 87.2. The molecule has 322 valence electrons. The van der Waals surface area contributed by atoms with Crippen molar-refractivity contribution >= 4 is 89.9 Å². The molecule has 0 atom stereocenters. The van der Waals surface area contributed by atoms with Crippen molar-refractivity contribution in [1.29, 1.82) is 0 Å². The van der Waals surface area contributed by atoms with Crippen LogP contribution in [0.5, 0.6) is 0 Å². The fourth-order valence-corrected chi connectivity index (χ4v) is 9.95. The predicted octanol–water partition coefficient (Wildman–Crippen LogP) is 17.8. The summed E-state index contributed by atoms with van der Waals surface area (Å²) in [5.41, 5.74) is 17.9. The van der Waals surface area contributed by atoms with Crippen molar-refractivity contribution in [2.75, 3.05) is 9.80 Å². The van der Waals surface area contributed by atoms with Crippen LogP contribution in [0.4, 0.5) is 34.1 Å². The minimum atomic E-state index is 1.08. The van der Waals surface area contributed by atoms with E-state index in [-0.39, 0.29) is 0 Å². The summed E-state index contributed by atoms with van der Waals surface area (Å²) in [6.07, 6.45) is 3.84. The highest BCUT2D eigenvalue weighted by Crippen LogP contribution is 2.43. The second-order valence-corrected chi connectivity index (χ2v) is 17.1. The Labute approximate surface area is 396 Å². The number of fused-ring (bicyclic) bond motifs is 6. The highest BCUT2D eigenvalue weighted by Gasteiger charge is 2.20. The van der Waals surface area contributed by atoms with Gasteiger partial charge >= 0.3 is 0 Å². The van der Waals surface area contributed by atoms with E-state index in [0.29, 0.717) is 0 Å². The standard InChI is InChI=1S/C64H46N4/c1-3-45-25-37-61-57(41-45)59-43-55(35-39-63(59)67(61)51-21-13-7-14-22-51)65(49-17-9-5-10-18-49)53-31-27-47(28-32-53)48-29-33-54(34-30-48)66(50-19-11-6-12-20-50)56-36-40-64-60(44-56)58-42-46(4-2)26-38-62(58)68(64)52-23-15-8-16-24-52/h3-44H,1-2H2. The molecule has 68 heavy (non-hydrogen) atoms. The summed E-state index contributed by atoms with van der Waals surface area (Å²) >= 11 is 0. The highest BCUT2D eigenvalue weighted by molar-refractivity contribution is 6.12. The maximum Gasteiger partial charge on any atom is 0.0542 e. The van der Waals surface area contributed by atoms with Crippen LogP contribution in [0.3, 0.4) is 0 Å². The Bertz CT molecular complexity index is 3540. The first-order valence-corrected chi connectivity index (χ1v) is 23.1. The molecule has 10 aromatic carbocycles. The lowest BCUT2D eigenvalue weighted by atomic mass is 10.0. The van der Waals surface area contributed by atoms with E-state index < -0.39 is 0 Å². The second kappa shape index (κ2) is 17.0. The number of hydrogen-bond acceptors (Lipinski definition) is 2. The summed E-state index contributed by atoms with van der Waals surface area (Å²) in [5, 5.41) is 4.76. The van der Waals surface area contributed by atoms with E-state index >= 15 is 0 Å². The molecule has 4 nitrogen and oxygen atoms in total. The van der Waals surface area contributed by atoms with Gasteiger partial charge in [0.05, 0.1) is 22.1 Å². The van der Waals surface area contributed by atoms with Crippen LogP contribution in [0.2, 0.25) is 0 Å². The van der Waals surface area contributed by atoms with Gasteiger partial charge in [-0.25, -0.2) is 0 Å². The fourth-order valence-electron chi connectivity index (χ4n) is 9.95. The molecule has 0 amide bonds. The van der Waals surface area contributed by atoms with Gasteiger partial charge in [0.1, 0.15) is 0 Å². The molecule has 0 spiro atoms. The van der Waals surface area contributed by atoms with Gasteiger partial charge < -0.3 is 18.9 Å². The highest BCUT2D eigenvalue weighted by atomic mass is 15.1. The van der Waals surface area contributed by atoms with Crippen LogP contribution in [0.25, 0.3) is 78.3 Å². The number of aromatic nitrogens is 2. The fraction of sp³-hybridized carbons (Fsp3) is 0.